The molecule has 6 heteroatoms. The maximum atomic E-state index is 6.50. The summed E-state index contributed by atoms with van der Waals surface area (Å²) >= 11 is 3.64. The molecule has 3 atom stereocenters. The van der Waals surface area contributed by atoms with Gasteiger partial charge in [0.05, 0.1) is 23.8 Å². The van der Waals surface area contributed by atoms with Crippen LogP contribution in [0.1, 0.15) is 27.2 Å². The second-order valence-corrected chi connectivity index (χ2v) is 13.2. The van der Waals surface area contributed by atoms with Gasteiger partial charge in [-0.05, 0) is 46.6 Å². The predicted molar refractivity (Wildman–Crippen MR) is 87.0 cm³/mol. The lowest BCUT2D eigenvalue weighted by Gasteiger charge is -2.42. The van der Waals surface area contributed by atoms with Gasteiger partial charge in [0.1, 0.15) is 12.2 Å². The quantitative estimate of drug-likeness (QED) is 0.545. The zero-order chi connectivity index (χ0) is 15.5. The molecule has 0 aromatic carbocycles. The Bertz CT molecular complexity index is 451. The molecule has 2 heterocycles. The molecule has 3 rings (SSSR count). The molecule has 0 unspecified atom stereocenters. The van der Waals surface area contributed by atoms with E-state index in [9.17, 15) is 0 Å². The number of ether oxygens (including phenoxy) is 3. The minimum Gasteiger partial charge on any atom is -0.408 e. The van der Waals surface area contributed by atoms with Crippen LogP contribution in [0.4, 0.5) is 0 Å². The molecule has 0 radical (unpaired) electrons. The van der Waals surface area contributed by atoms with E-state index in [1.165, 1.54) is 0 Å². The molecule has 4 nitrogen and oxygen atoms in total. The van der Waals surface area contributed by atoms with E-state index < -0.39 is 14.1 Å². The summed E-state index contributed by atoms with van der Waals surface area (Å²) in [5.41, 5.74) is 0. The van der Waals surface area contributed by atoms with Gasteiger partial charge in [0, 0.05) is 0 Å². The van der Waals surface area contributed by atoms with Gasteiger partial charge in [-0.25, -0.2) is 0 Å². The maximum absolute atomic E-state index is 6.50. The first-order chi connectivity index (χ1) is 9.67. The monoisotopic (exact) mass is 376 g/mol. The van der Waals surface area contributed by atoms with E-state index >= 15 is 0 Å². The van der Waals surface area contributed by atoms with E-state index in [1.54, 1.807) is 0 Å². The molecular formula is C15H25BrO4Si. The minimum absolute atomic E-state index is 0.00924. The normalized spacial score (nSPS) is 35.3. The molecule has 0 N–H and O–H groups in total. The second kappa shape index (κ2) is 5.14. The van der Waals surface area contributed by atoms with E-state index in [1.807, 2.05) is 0 Å². The van der Waals surface area contributed by atoms with Crippen LogP contribution in [-0.2, 0) is 18.6 Å². The second-order valence-electron chi connectivity index (χ2n) is 7.60. The van der Waals surface area contributed by atoms with Crippen molar-refractivity contribution in [3.8, 4) is 0 Å². The van der Waals surface area contributed by atoms with Gasteiger partial charge in [0.2, 0.25) is 5.79 Å². The molecule has 1 spiro atoms. The first-order valence-electron chi connectivity index (χ1n) is 7.66. The van der Waals surface area contributed by atoms with Gasteiger partial charge in [-0.1, -0.05) is 20.8 Å². The van der Waals surface area contributed by atoms with Crippen LogP contribution in [0.5, 0.6) is 0 Å². The van der Waals surface area contributed by atoms with Crippen LogP contribution >= 0.6 is 15.9 Å². The molecule has 1 aliphatic carbocycles. The Morgan fingerprint density at radius 2 is 1.90 bits per heavy atom. The summed E-state index contributed by atoms with van der Waals surface area (Å²) in [5, 5.41) is 0.185. The number of fused-ring (bicyclic) bond motifs is 2. The average Bonchev–Trinajstić information content (AvgIpc) is 3.17. The standard InChI is InChI=1S/C15H25BrO4Si/c1-14(2,3)21(4,5)20-10-9-11(16)15(13-12(10)19-13)17-7-6-8-18-15/h9-10,12-13H,6-8H2,1-5H3/t10-,12-,13-/m0/s1. The van der Waals surface area contributed by atoms with Crippen LogP contribution < -0.4 is 0 Å². The van der Waals surface area contributed by atoms with Crippen LogP contribution in [0.25, 0.3) is 0 Å². The van der Waals surface area contributed by atoms with Gasteiger partial charge in [0.25, 0.3) is 0 Å². The fourth-order valence-electron chi connectivity index (χ4n) is 2.64. The Kier molecular flexibility index (Phi) is 3.95. The first-order valence-corrected chi connectivity index (χ1v) is 11.4. The molecular weight excluding hydrogens is 352 g/mol. The van der Waals surface area contributed by atoms with Gasteiger partial charge >= 0.3 is 0 Å². The van der Waals surface area contributed by atoms with Crippen LogP contribution in [0.2, 0.25) is 18.1 Å². The number of epoxide rings is 1. The van der Waals surface area contributed by atoms with E-state index in [0.717, 1.165) is 10.9 Å². The highest BCUT2D eigenvalue weighted by molar-refractivity contribution is 9.11. The fourth-order valence-corrected chi connectivity index (χ4v) is 4.59. The van der Waals surface area contributed by atoms with Gasteiger partial charge in [-0.15, -0.1) is 0 Å². The Morgan fingerprint density at radius 1 is 1.29 bits per heavy atom. The van der Waals surface area contributed by atoms with Crippen molar-refractivity contribution in [2.24, 2.45) is 0 Å². The zero-order valence-electron chi connectivity index (χ0n) is 13.4. The third-order valence-corrected chi connectivity index (χ3v) is 10.3. The lowest BCUT2D eigenvalue weighted by atomic mass is 9.98. The van der Waals surface area contributed by atoms with Crippen LogP contribution in [0.15, 0.2) is 10.6 Å². The van der Waals surface area contributed by atoms with Gasteiger partial charge in [-0.3, -0.25) is 0 Å². The lowest BCUT2D eigenvalue weighted by molar-refractivity contribution is -0.248. The molecule has 2 aliphatic heterocycles. The summed E-state index contributed by atoms with van der Waals surface area (Å²) in [7, 11) is -1.83. The van der Waals surface area contributed by atoms with Gasteiger partial charge < -0.3 is 18.6 Å². The van der Waals surface area contributed by atoms with Gasteiger partial charge in [0.15, 0.2) is 8.32 Å². The molecule has 0 aromatic rings. The van der Waals surface area contributed by atoms with Crippen molar-refractivity contribution in [1.29, 1.82) is 0 Å². The fraction of sp³-hybridized carbons (Fsp3) is 0.867. The summed E-state index contributed by atoms with van der Waals surface area (Å²) in [6, 6.07) is 0. The zero-order valence-corrected chi connectivity index (χ0v) is 16.0. The predicted octanol–water partition coefficient (Wildman–Crippen LogP) is 3.57. The topological polar surface area (TPSA) is 40.2 Å². The first kappa shape index (κ1) is 16.1. The highest BCUT2D eigenvalue weighted by Gasteiger charge is 2.65. The lowest BCUT2D eigenvalue weighted by Crippen LogP contribution is -2.52. The summed E-state index contributed by atoms with van der Waals surface area (Å²) in [6.45, 7) is 12.7. The number of halogens is 1. The molecule has 2 saturated heterocycles. The average molecular weight is 377 g/mol. The maximum Gasteiger partial charge on any atom is 0.231 e. The van der Waals surface area contributed by atoms with Crippen LogP contribution in [0.3, 0.4) is 0 Å². The molecule has 0 amide bonds. The van der Waals surface area contributed by atoms with Crippen molar-refractivity contribution in [1.82, 2.24) is 0 Å². The molecule has 21 heavy (non-hydrogen) atoms. The van der Waals surface area contributed by atoms with E-state index in [-0.39, 0.29) is 23.4 Å². The number of hydrogen-bond donors (Lipinski definition) is 0. The summed E-state index contributed by atoms with van der Waals surface area (Å²) in [4.78, 5) is 0. The molecule has 0 aromatic heterocycles. The number of rotatable bonds is 2. The van der Waals surface area contributed by atoms with E-state index in [2.05, 4.69) is 55.9 Å². The Balaban J connectivity index is 1.79. The molecule has 0 bridgehead atoms. The molecule has 3 aliphatic rings. The van der Waals surface area contributed by atoms with E-state index in [0.29, 0.717) is 13.2 Å². The third kappa shape index (κ3) is 2.68. The summed E-state index contributed by atoms with van der Waals surface area (Å²) in [6.07, 6.45) is 3.01. The molecule has 2 fully saturated rings. The smallest absolute Gasteiger partial charge is 0.231 e. The van der Waals surface area contributed by atoms with Crippen molar-refractivity contribution in [2.75, 3.05) is 13.2 Å². The highest BCUT2D eigenvalue weighted by Crippen LogP contribution is 2.51. The van der Waals surface area contributed by atoms with E-state index in [4.69, 9.17) is 18.6 Å². The van der Waals surface area contributed by atoms with Crippen LogP contribution in [-0.4, -0.2) is 45.6 Å². The van der Waals surface area contributed by atoms with Crippen molar-refractivity contribution in [3.63, 3.8) is 0 Å². The Morgan fingerprint density at radius 3 is 2.48 bits per heavy atom. The molecule has 120 valence electrons. The van der Waals surface area contributed by atoms with Crippen molar-refractivity contribution < 1.29 is 18.6 Å². The summed E-state index contributed by atoms with van der Waals surface area (Å²) < 4.78 is 25.1. The summed E-state index contributed by atoms with van der Waals surface area (Å²) in [5.74, 6) is -0.726. The Labute approximate surface area is 136 Å². The number of hydrogen-bond acceptors (Lipinski definition) is 4. The molecule has 0 saturated carbocycles. The Hall–Kier alpha value is 0.277. The van der Waals surface area contributed by atoms with Crippen molar-refractivity contribution in [2.45, 2.75) is 69.4 Å². The highest BCUT2D eigenvalue weighted by atomic mass is 79.9. The third-order valence-electron chi connectivity index (χ3n) is 5.03. The minimum atomic E-state index is -1.83. The van der Waals surface area contributed by atoms with Crippen molar-refractivity contribution in [3.05, 3.63) is 10.6 Å². The van der Waals surface area contributed by atoms with Gasteiger partial charge in [-0.2, -0.15) is 0 Å². The largest absolute Gasteiger partial charge is 0.408 e. The van der Waals surface area contributed by atoms with Crippen molar-refractivity contribution >= 4 is 24.2 Å². The van der Waals surface area contributed by atoms with Crippen LogP contribution in [0, 0.1) is 0 Å². The SMILES string of the molecule is CC(C)(C)[Si](C)(C)O[C@H]1C=C(Br)C2(OCCCO2)[C@H]2O[C@@H]12.